The average molecular weight is 288 g/mol. The van der Waals surface area contributed by atoms with Crippen LogP contribution in [0.3, 0.4) is 0 Å². The molecule has 1 fully saturated rings. The summed E-state index contributed by atoms with van der Waals surface area (Å²) in [5, 5.41) is 10.7. The zero-order valence-corrected chi connectivity index (χ0v) is 11.9. The maximum Gasteiger partial charge on any atom is 0.304 e. The van der Waals surface area contributed by atoms with E-state index in [1.54, 1.807) is 0 Å². The van der Waals surface area contributed by atoms with Crippen LogP contribution in [0.5, 0.6) is 0 Å². The summed E-state index contributed by atoms with van der Waals surface area (Å²) in [7, 11) is 0. The number of aromatic nitrogens is 2. The number of carbonyl (C=O) groups is 1. The van der Waals surface area contributed by atoms with E-state index in [0.717, 1.165) is 34.6 Å². The summed E-state index contributed by atoms with van der Waals surface area (Å²) >= 11 is 1.51. The van der Waals surface area contributed by atoms with Gasteiger partial charge in [0, 0.05) is 17.1 Å². The van der Waals surface area contributed by atoms with E-state index in [1.807, 2.05) is 24.3 Å². The molecule has 3 rings (SSSR count). The summed E-state index contributed by atoms with van der Waals surface area (Å²) in [6.07, 6.45) is 3.74. The highest BCUT2D eigenvalue weighted by molar-refractivity contribution is 7.99. The number of para-hydroxylation sites is 1. The van der Waals surface area contributed by atoms with Gasteiger partial charge in [-0.05, 0) is 18.9 Å². The number of aliphatic carboxylic acids is 1. The van der Waals surface area contributed by atoms with Crippen LogP contribution in [-0.2, 0) is 4.79 Å². The first kappa shape index (κ1) is 13.4. The van der Waals surface area contributed by atoms with Crippen LogP contribution in [0.15, 0.2) is 29.3 Å². The zero-order chi connectivity index (χ0) is 13.9. The highest BCUT2D eigenvalue weighted by Gasteiger charge is 2.23. The molecule has 1 heterocycles. The van der Waals surface area contributed by atoms with E-state index < -0.39 is 5.97 Å². The Balaban J connectivity index is 1.92. The minimum absolute atomic E-state index is 0.155. The lowest BCUT2D eigenvalue weighted by Gasteiger charge is -2.24. The predicted octanol–water partition coefficient (Wildman–Crippen LogP) is 3.46. The monoisotopic (exact) mass is 288 g/mol. The third-order valence-electron chi connectivity index (χ3n) is 3.61. The fraction of sp³-hybridized carbons (Fsp3) is 0.400. The minimum Gasteiger partial charge on any atom is -0.481 e. The molecule has 1 aromatic heterocycles. The van der Waals surface area contributed by atoms with Gasteiger partial charge in [-0.25, -0.2) is 9.97 Å². The number of nitrogens with zero attached hydrogens (tertiary/aromatic N) is 2. The van der Waals surface area contributed by atoms with E-state index in [2.05, 4.69) is 9.97 Å². The van der Waals surface area contributed by atoms with Gasteiger partial charge in [-0.2, -0.15) is 0 Å². The van der Waals surface area contributed by atoms with Crippen LogP contribution in [0.2, 0.25) is 0 Å². The zero-order valence-electron chi connectivity index (χ0n) is 11.1. The molecule has 0 radical (unpaired) electrons. The Morgan fingerprint density at radius 2 is 2.10 bits per heavy atom. The summed E-state index contributed by atoms with van der Waals surface area (Å²) in [4.78, 5) is 20.0. The van der Waals surface area contributed by atoms with Gasteiger partial charge >= 0.3 is 5.97 Å². The van der Waals surface area contributed by atoms with Gasteiger partial charge in [-0.1, -0.05) is 24.6 Å². The first-order chi connectivity index (χ1) is 9.74. The second-order valence-corrected chi connectivity index (χ2v) is 6.11. The van der Waals surface area contributed by atoms with Crippen molar-refractivity contribution in [3.63, 3.8) is 0 Å². The molecule has 5 heteroatoms. The van der Waals surface area contributed by atoms with Crippen molar-refractivity contribution in [2.24, 2.45) is 0 Å². The van der Waals surface area contributed by atoms with Gasteiger partial charge in [0.2, 0.25) is 0 Å². The van der Waals surface area contributed by atoms with Crippen LogP contribution in [0.25, 0.3) is 10.9 Å². The quantitative estimate of drug-likeness (QED) is 0.674. The summed E-state index contributed by atoms with van der Waals surface area (Å²) in [6, 6.07) is 7.95. The fourth-order valence-corrected chi connectivity index (χ4v) is 3.21. The van der Waals surface area contributed by atoms with Gasteiger partial charge in [-0.3, -0.25) is 4.79 Å². The summed E-state index contributed by atoms with van der Waals surface area (Å²) < 4.78 is 0. The number of hydrogen-bond acceptors (Lipinski definition) is 4. The Bertz CT molecular complexity index is 641. The first-order valence-electron chi connectivity index (χ1n) is 6.85. The number of carboxylic acid groups (broad SMARTS) is 1. The van der Waals surface area contributed by atoms with E-state index in [1.165, 1.54) is 18.2 Å². The number of benzene rings is 1. The third kappa shape index (κ3) is 2.77. The van der Waals surface area contributed by atoms with Crippen LogP contribution in [0, 0.1) is 0 Å². The lowest BCUT2D eigenvalue weighted by atomic mass is 9.85. The number of fused-ring (bicyclic) bond motifs is 1. The molecule has 1 saturated carbocycles. The SMILES string of the molecule is O=C(O)CCSc1nc(C2CCC2)nc2ccccc12. The topological polar surface area (TPSA) is 63.1 Å². The van der Waals surface area contributed by atoms with Crippen LogP contribution in [0.4, 0.5) is 0 Å². The van der Waals surface area contributed by atoms with Crippen molar-refractivity contribution >= 4 is 28.6 Å². The maximum atomic E-state index is 10.6. The third-order valence-corrected chi connectivity index (χ3v) is 4.60. The molecule has 20 heavy (non-hydrogen) atoms. The molecule has 0 bridgehead atoms. The summed E-state index contributed by atoms with van der Waals surface area (Å²) in [5.74, 6) is 1.18. The molecule has 1 N–H and O–H groups in total. The van der Waals surface area contributed by atoms with E-state index >= 15 is 0 Å². The van der Waals surface area contributed by atoms with E-state index in [4.69, 9.17) is 5.11 Å². The fourth-order valence-electron chi connectivity index (χ4n) is 2.26. The molecular weight excluding hydrogens is 272 g/mol. The van der Waals surface area contributed by atoms with E-state index in [-0.39, 0.29) is 6.42 Å². The summed E-state index contributed by atoms with van der Waals surface area (Å²) in [6.45, 7) is 0. The van der Waals surface area contributed by atoms with E-state index in [9.17, 15) is 4.79 Å². The second-order valence-electron chi connectivity index (χ2n) is 5.02. The van der Waals surface area contributed by atoms with Crippen LogP contribution < -0.4 is 0 Å². The number of carboxylic acids is 1. The molecule has 2 aromatic rings. The van der Waals surface area contributed by atoms with Crippen molar-refractivity contribution in [2.45, 2.75) is 36.6 Å². The molecule has 0 unspecified atom stereocenters. The van der Waals surface area contributed by atoms with Crippen LogP contribution in [-0.4, -0.2) is 26.8 Å². The molecular formula is C15H16N2O2S. The van der Waals surface area contributed by atoms with Crippen molar-refractivity contribution in [3.8, 4) is 0 Å². The minimum atomic E-state index is -0.768. The van der Waals surface area contributed by atoms with Crippen molar-refractivity contribution < 1.29 is 9.90 Å². The van der Waals surface area contributed by atoms with E-state index in [0.29, 0.717) is 11.7 Å². The molecule has 0 amide bonds. The molecule has 0 spiro atoms. The molecule has 0 aliphatic heterocycles. The van der Waals surface area contributed by atoms with Crippen LogP contribution >= 0.6 is 11.8 Å². The second kappa shape index (κ2) is 5.79. The Morgan fingerprint density at radius 1 is 1.30 bits per heavy atom. The highest BCUT2D eigenvalue weighted by Crippen LogP contribution is 2.36. The van der Waals surface area contributed by atoms with Crippen LogP contribution in [0.1, 0.15) is 37.4 Å². The van der Waals surface area contributed by atoms with Gasteiger partial charge in [0.25, 0.3) is 0 Å². The molecule has 1 aliphatic rings. The average Bonchev–Trinajstić information content (AvgIpc) is 2.36. The largest absolute Gasteiger partial charge is 0.481 e. The van der Waals surface area contributed by atoms with Gasteiger partial charge < -0.3 is 5.11 Å². The van der Waals surface area contributed by atoms with Crippen molar-refractivity contribution in [1.82, 2.24) is 9.97 Å². The molecule has 0 saturated heterocycles. The lowest BCUT2D eigenvalue weighted by Crippen LogP contribution is -2.13. The van der Waals surface area contributed by atoms with Crippen molar-refractivity contribution in [3.05, 3.63) is 30.1 Å². The highest BCUT2D eigenvalue weighted by atomic mass is 32.2. The normalized spacial score (nSPS) is 15.2. The van der Waals surface area contributed by atoms with Gasteiger partial charge in [-0.15, -0.1) is 11.8 Å². The Kier molecular flexibility index (Phi) is 3.87. The van der Waals surface area contributed by atoms with Crippen molar-refractivity contribution in [2.75, 3.05) is 5.75 Å². The predicted molar refractivity (Wildman–Crippen MR) is 79.1 cm³/mol. The number of thioether (sulfide) groups is 1. The summed E-state index contributed by atoms with van der Waals surface area (Å²) in [5.41, 5.74) is 0.960. The smallest absolute Gasteiger partial charge is 0.304 e. The molecule has 1 aromatic carbocycles. The first-order valence-corrected chi connectivity index (χ1v) is 7.84. The Labute approximate surface area is 121 Å². The number of rotatable bonds is 5. The Morgan fingerprint density at radius 3 is 2.80 bits per heavy atom. The number of hydrogen-bond donors (Lipinski definition) is 1. The molecule has 4 nitrogen and oxygen atoms in total. The van der Waals surface area contributed by atoms with Gasteiger partial charge in [0.05, 0.1) is 11.9 Å². The lowest BCUT2D eigenvalue weighted by molar-refractivity contribution is -0.136. The van der Waals surface area contributed by atoms with Gasteiger partial charge in [0.1, 0.15) is 10.9 Å². The van der Waals surface area contributed by atoms with Gasteiger partial charge in [0.15, 0.2) is 0 Å². The standard InChI is InChI=1S/C15H16N2O2S/c18-13(19)8-9-20-15-11-6-1-2-7-12(11)16-14(17-15)10-4-3-5-10/h1-2,6-7,10H,3-5,8-9H2,(H,18,19). The molecule has 104 valence electrons. The molecule has 0 atom stereocenters. The molecule has 1 aliphatic carbocycles. The Hall–Kier alpha value is -1.62. The maximum absolute atomic E-state index is 10.6. The van der Waals surface area contributed by atoms with Crippen molar-refractivity contribution in [1.29, 1.82) is 0 Å².